The lowest BCUT2D eigenvalue weighted by atomic mass is 10.2. The molecule has 2 aromatic heterocycles. The molecule has 3 amide bonds. The molecule has 2 aromatic rings. The van der Waals surface area contributed by atoms with Gasteiger partial charge in [-0.15, -0.1) is 11.3 Å². The van der Waals surface area contributed by atoms with Crippen molar-refractivity contribution in [1.82, 2.24) is 19.6 Å². The predicted octanol–water partition coefficient (Wildman–Crippen LogP) is 2.59. The Morgan fingerprint density at radius 3 is 2.44 bits per heavy atom. The highest BCUT2D eigenvalue weighted by molar-refractivity contribution is 7.18. The van der Waals surface area contributed by atoms with Crippen LogP contribution in [-0.2, 0) is 29.1 Å². The number of rotatable bonds is 5. The molecule has 3 N–H and O–H groups in total. The zero-order chi connectivity index (χ0) is 27.0. The summed E-state index contributed by atoms with van der Waals surface area (Å²) in [7, 11) is 0. The number of nitrogens with two attached hydrogens (primary N) is 1. The Balaban J connectivity index is 2.09. The number of aryl methyl sites for hydroxylation is 1. The number of ether oxygens (including phenoxy) is 2. The third-order valence-electron chi connectivity index (χ3n) is 5.33. The SMILES string of the molecule is Cc1c(CN(NC(=O)OC(C)(C)C)C(N)=O)sc2c1c(=O)n(CC(F)(F)F)c(=O)n2CC1CCCO1. The number of nitrogens with zero attached hydrogens (tertiary/aromatic N) is 3. The van der Waals surface area contributed by atoms with E-state index in [2.05, 4.69) is 5.43 Å². The fourth-order valence-corrected chi connectivity index (χ4v) is 5.08. The van der Waals surface area contributed by atoms with Crippen LogP contribution in [0, 0.1) is 6.92 Å². The minimum absolute atomic E-state index is 0.0391. The number of aromatic nitrogens is 2. The van der Waals surface area contributed by atoms with Gasteiger partial charge in [-0.3, -0.25) is 13.9 Å². The van der Waals surface area contributed by atoms with Crippen LogP contribution in [-0.4, -0.2) is 50.8 Å². The predicted molar refractivity (Wildman–Crippen MR) is 125 cm³/mol. The van der Waals surface area contributed by atoms with Gasteiger partial charge in [0.25, 0.3) is 5.56 Å². The van der Waals surface area contributed by atoms with Gasteiger partial charge in [0, 0.05) is 11.5 Å². The highest BCUT2D eigenvalue weighted by Gasteiger charge is 2.32. The van der Waals surface area contributed by atoms with Gasteiger partial charge in [0.05, 0.1) is 24.6 Å². The van der Waals surface area contributed by atoms with Gasteiger partial charge in [-0.05, 0) is 46.1 Å². The number of carbonyl (C=O) groups excluding carboxylic acids is 2. The lowest BCUT2D eigenvalue weighted by Gasteiger charge is -2.24. The second-order valence-electron chi connectivity index (χ2n) is 9.40. The van der Waals surface area contributed by atoms with Crippen molar-refractivity contribution in [2.45, 2.75) is 78.1 Å². The van der Waals surface area contributed by atoms with Crippen LogP contribution >= 0.6 is 11.3 Å². The van der Waals surface area contributed by atoms with Gasteiger partial charge in [0.15, 0.2) is 0 Å². The van der Waals surface area contributed by atoms with Crippen molar-refractivity contribution in [3.63, 3.8) is 0 Å². The largest absolute Gasteiger partial charge is 0.443 e. The van der Waals surface area contributed by atoms with E-state index in [0.717, 1.165) is 27.3 Å². The number of amides is 3. The minimum atomic E-state index is -4.80. The molecule has 1 aliphatic rings. The number of hydrazine groups is 1. The number of alkyl halides is 3. The third-order valence-corrected chi connectivity index (χ3v) is 6.63. The summed E-state index contributed by atoms with van der Waals surface area (Å²) >= 11 is 0.946. The molecule has 1 aliphatic heterocycles. The van der Waals surface area contributed by atoms with E-state index in [0.29, 0.717) is 17.9 Å². The molecule has 3 heterocycles. The number of thiophene rings is 1. The van der Waals surface area contributed by atoms with Gasteiger partial charge in [0.2, 0.25) is 0 Å². The number of carbonyl (C=O) groups is 2. The summed E-state index contributed by atoms with van der Waals surface area (Å²) in [5.41, 5.74) is 4.80. The molecular weight excluding hydrogens is 507 g/mol. The fraction of sp³-hybridized carbons (Fsp3) is 0.619. The zero-order valence-electron chi connectivity index (χ0n) is 20.2. The first-order valence-corrected chi connectivity index (χ1v) is 11.9. The lowest BCUT2D eigenvalue weighted by Crippen LogP contribution is -2.49. The van der Waals surface area contributed by atoms with E-state index in [1.54, 1.807) is 20.8 Å². The van der Waals surface area contributed by atoms with E-state index in [1.165, 1.54) is 6.92 Å². The smallest absolute Gasteiger partial charge is 0.426 e. The number of fused-ring (bicyclic) bond motifs is 1. The summed E-state index contributed by atoms with van der Waals surface area (Å²) < 4.78 is 51.5. The van der Waals surface area contributed by atoms with E-state index < -0.39 is 47.8 Å². The van der Waals surface area contributed by atoms with Crippen LogP contribution in [0.1, 0.15) is 44.1 Å². The van der Waals surface area contributed by atoms with Crippen LogP contribution in [0.15, 0.2) is 9.59 Å². The van der Waals surface area contributed by atoms with E-state index in [1.807, 2.05) is 0 Å². The maximum Gasteiger partial charge on any atom is 0.426 e. The number of halogens is 3. The van der Waals surface area contributed by atoms with E-state index in [4.69, 9.17) is 15.2 Å². The monoisotopic (exact) mass is 535 g/mol. The van der Waals surface area contributed by atoms with E-state index in [-0.39, 0.29) is 33.4 Å². The van der Waals surface area contributed by atoms with Crippen LogP contribution in [0.4, 0.5) is 22.8 Å². The van der Waals surface area contributed by atoms with Gasteiger partial charge in [-0.2, -0.15) is 13.2 Å². The highest BCUT2D eigenvalue weighted by atomic mass is 32.1. The Kier molecular flexibility index (Phi) is 7.74. The van der Waals surface area contributed by atoms with Crippen molar-refractivity contribution in [1.29, 1.82) is 0 Å². The topological polar surface area (TPSA) is 138 Å². The molecule has 3 rings (SSSR count). The number of hydrogen-bond acceptors (Lipinski definition) is 7. The summed E-state index contributed by atoms with van der Waals surface area (Å²) in [6.07, 6.45) is -4.81. The lowest BCUT2D eigenvalue weighted by molar-refractivity contribution is -0.142. The quantitative estimate of drug-likeness (QED) is 0.565. The van der Waals surface area contributed by atoms with Crippen molar-refractivity contribution < 1.29 is 32.2 Å². The molecule has 36 heavy (non-hydrogen) atoms. The Morgan fingerprint density at radius 1 is 1.25 bits per heavy atom. The van der Waals surface area contributed by atoms with E-state index >= 15 is 0 Å². The van der Waals surface area contributed by atoms with Gasteiger partial charge >= 0.3 is 24.0 Å². The van der Waals surface area contributed by atoms with E-state index in [9.17, 15) is 32.3 Å². The molecule has 15 heteroatoms. The molecule has 0 aliphatic carbocycles. The molecule has 1 unspecified atom stereocenters. The average Bonchev–Trinajstić information content (AvgIpc) is 3.34. The van der Waals surface area contributed by atoms with Gasteiger partial charge < -0.3 is 15.2 Å². The van der Waals surface area contributed by atoms with Crippen LogP contribution < -0.4 is 22.4 Å². The molecular formula is C21H28F3N5O6S. The van der Waals surface area contributed by atoms with Gasteiger partial charge in [0.1, 0.15) is 17.0 Å². The summed E-state index contributed by atoms with van der Waals surface area (Å²) in [5, 5.41) is 0.668. The van der Waals surface area contributed by atoms with Crippen molar-refractivity contribution in [3.8, 4) is 0 Å². The first-order valence-electron chi connectivity index (χ1n) is 11.1. The Hall–Kier alpha value is -3.07. The van der Waals surface area contributed by atoms with Crippen LogP contribution in [0.25, 0.3) is 10.2 Å². The van der Waals surface area contributed by atoms with Crippen LogP contribution in [0.3, 0.4) is 0 Å². The number of nitrogens with one attached hydrogen (secondary N) is 1. The number of hydrogen-bond donors (Lipinski definition) is 2. The summed E-state index contributed by atoms with van der Waals surface area (Å²) in [6, 6.07) is -1.04. The highest BCUT2D eigenvalue weighted by Crippen LogP contribution is 2.30. The van der Waals surface area contributed by atoms with Crippen molar-refractivity contribution >= 4 is 33.7 Å². The van der Waals surface area contributed by atoms with Gasteiger partial charge in [-0.1, -0.05) is 0 Å². The van der Waals surface area contributed by atoms with Crippen molar-refractivity contribution in [3.05, 3.63) is 31.3 Å². The maximum absolute atomic E-state index is 13.2. The van der Waals surface area contributed by atoms with Crippen molar-refractivity contribution in [2.75, 3.05) is 6.61 Å². The molecule has 1 atom stereocenters. The molecule has 11 nitrogen and oxygen atoms in total. The summed E-state index contributed by atoms with van der Waals surface area (Å²) in [6.45, 7) is 4.72. The second kappa shape index (κ2) is 10.1. The molecule has 1 saturated heterocycles. The normalized spacial score (nSPS) is 16.4. The minimum Gasteiger partial charge on any atom is -0.443 e. The molecule has 0 radical (unpaired) electrons. The molecule has 200 valence electrons. The molecule has 0 spiro atoms. The number of primary amides is 1. The first-order chi connectivity index (χ1) is 16.6. The fourth-order valence-electron chi connectivity index (χ4n) is 3.79. The van der Waals surface area contributed by atoms with Gasteiger partial charge in [-0.25, -0.2) is 24.8 Å². The van der Waals surface area contributed by atoms with Crippen LogP contribution in [0.2, 0.25) is 0 Å². The molecule has 1 fully saturated rings. The first kappa shape index (κ1) is 27.5. The standard InChI is InChI=1S/C21H28F3N5O6S/c1-11-13(9-29(17(25)31)26-18(32)35-20(2,3)4)36-16-14(11)15(30)28(10-21(22,23)24)19(33)27(16)8-12-6-5-7-34-12/h12H,5-10H2,1-4H3,(H2,25,31)(H,26,32). The van der Waals surface area contributed by atoms with Crippen LogP contribution in [0.5, 0.6) is 0 Å². The van der Waals surface area contributed by atoms with Crippen molar-refractivity contribution in [2.24, 2.45) is 5.73 Å². The maximum atomic E-state index is 13.2. The summed E-state index contributed by atoms with van der Waals surface area (Å²) in [5.74, 6) is 0. The zero-order valence-corrected chi connectivity index (χ0v) is 21.0. The molecule has 0 bridgehead atoms. The molecule has 0 saturated carbocycles. The second-order valence-corrected chi connectivity index (χ2v) is 10.5. The average molecular weight is 536 g/mol. The Labute approximate surface area is 207 Å². The Bertz CT molecular complexity index is 1270. The number of urea groups is 1. The third kappa shape index (κ3) is 6.37. The Morgan fingerprint density at radius 2 is 1.92 bits per heavy atom. The summed E-state index contributed by atoms with van der Waals surface area (Å²) in [4.78, 5) is 50.7. The molecule has 0 aromatic carbocycles.